The summed E-state index contributed by atoms with van der Waals surface area (Å²) in [6.45, 7) is 0. The minimum Gasteiger partial charge on any atom is -0.292 e. The van der Waals surface area contributed by atoms with Gasteiger partial charge in [0.2, 0.25) is 0 Å². The lowest BCUT2D eigenvalue weighted by Gasteiger charge is -1.99. The Labute approximate surface area is 100 Å². The van der Waals surface area contributed by atoms with Gasteiger partial charge >= 0.3 is 0 Å². The van der Waals surface area contributed by atoms with Crippen LogP contribution in [0.15, 0.2) is 42.6 Å². The van der Waals surface area contributed by atoms with E-state index < -0.39 is 0 Å². The van der Waals surface area contributed by atoms with E-state index >= 15 is 0 Å². The predicted molar refractivity (Wildman–Crippen MR) is 65.2 cm³/mol. The number of Topliss-reactive ketones (excluding diaryl/α,β-unsaturated/α-hetero) is 1. The van der Waals surface area contributed by atoms with Crippen molar-refractivity contribution in [1.82, 2.24) is 9.78 Å². The fraction of sp³-hybridized carbons (Fsp3) is 0.286. The van der Waals surface area contributed by atoms with Gasteiger partial charge in [-0.1, -0.05) is 18.2 Å². The fourth-order valence-electron chi connectivity index (χ4n) is 1.89. The van der Waals surface area contributed by atoms with Gasteiger partial charge in [0.05, 0.1) is 5.69 Å². The molecule has 1 aliphatic carbocycles. The lowest BCUT2D eigenvalue weighted by atomic mass is 10.1. The number of carbonyl (C=O) groups excluding carboxylic acids is 1. The molecule has 1 aromatic carbocycles. The molecule has 0 atom stereocenters. The number of aromatic nitrogens is 2. The largest absolute Gasteiger partial charge is 0.292 e. The molecular weight excluding hydrogens is 212 g/mol. The molecule has 86 valence electrons. The monoisotopic (exact) mass is 226 g/mol. The molecule has 0 amide bonds. The molecule has 1 saturated carbocycles. The van der Waals surface area contributed by atoms with E-state index in [4.69, 9.17) is 0 Å². The SMILES string of the molecule is O=C(CC1CC1)c1ccn(-c2ccccc2)n1. The maximum Gasteiger partial charge on any atom is 0.183 e. The fourth-order valence-corrected chi connectivity index (χ4v) is 1.89. The van der Waals surface area contributed by atoms with E-state index in [0.29, 0.717) is 18.0 Å². The second kappa shape index (κ2) is 4.17. The molecule has 0 N–H and O–H groups in total. The summed E-state index contributed by atoms with van der Waals surface area (Å²) in [5, 5.41) is 4.33. The third-order valence-electron chi connectivity index (χ3n) is 3.07. The zero-order valence-corrected chi connectivity index (χ0v) is 9.54. The molecule has 1 aliphatic rings. The van der Waals surface area contributed by atoms with Crippen molar-refractivity contribution in [3.8, 4) is 5.69 Å². The lowest BCUT2D eigenvalue weighted by molar-refractivity contribution is 0.0971. The Morgan fingerprint density at radius 1 is 1.24 bits per heavy atom. The van der Waals surface area contributed by atoms with Gasteiger partial charge in [-0.3, -0.25) is 4.79 Å². The number of hydrogen-bond donors (Lipinski definition) is 0. The van der Waals surface area contributed by atoms with Crippen LogP contribution in [-0.2, 0) is 0 Å². The van der Waals surface area contributed by atoms with E-state index in [9.17, 15) is 4.79 Å². The second-order valence-electron chi connectivity index (χ2n) is 4.55. The van der Waals surface area contributed by atoms with Gasteiger partial charge in [-0.05, 0) is 37.0 Å². The molecule has 2 aromatic rings. The average molecular weight is 226 g/mol. The molecule has 0 spiro atoms. The highest BCUT2D eigenvalue weighted by atomic mass is 16.1. The van der Waals surface area contributed by atoms with Gasteiger partial charge in [-0.25, -0.2) is 4.68 Å². The molecule has 0 aliphatic heterocycles. The van der Waals surface area contributed by atoms with Gasteiger partial charge in [-0.15, -0.1) is 0 Å². The summed E-state index contributed by atoms with van der Waals surface area (Å²) in [7, 11) is 0. The van der Waals surface area contributed by atoms with E-state index in [0.717, 1.165) is 5.69 Å². The van der Waals surface area contributed by atoms with Crippen molar-refractivity contribution in [2.45, 2.75) is 19.3 Å². The summed E-state index contributed by atoms with van der Waals surface area (Å²) in [6, 6.07) is 11.6. The van der Waals surface area contributed by atoms with Gasteiger partial charge in [0.1, 0.15) is 5.69 Å². The molecule has 17 heavy (non-hydrogen) atoms. The number of nitrogens with zero attached hydrogens (tertiary/aromatic N) is 2. The molecule has 3 nitrogen and oxygen atoms in total. The first-order valence-electron chi connectivity index (χ1n) is 5.97. The zero-order valence-electron chi connectivity index (χ0n) is 9.54. The van der Waals surface area contributed by atoms with Gasteiger partial charge in [-0.2, -0.15) is 5.10 Å². The van der Waals surface area contributed by atoms with Crippen molar-refractivity contribution in [3.05, 3.63) is 48.3 Å². The van der Waals surface area contributed by atoms with Crippen LogP contribution in [0.25, 0.3) is 5.69 Å². The van der Waals surface area contributed by atoms with E-state index in [1.807, 2.05) is 36.5 Å². The molecule has 0 radical (unpaired) electrons. The van der Waals surface area contributed by atoms with Crippen LogP contribution >= 0.6 is 0 Å². The topological polar surface area (TPSA) is 34.9 Å². The second-order valence-corrected chi connectivity index (χ2v) is 4.55. The van der Waals surface area contributed by atoms with Gasteiger partial charge in [0.15, 0.2) is 5.78 Å². The van der Waals surface area contributed by atoms with Crippen LogP contribution in [0, 0.1) is 5.92 Å². The molecule has 0 unspecified atom stereocenters. The highest BCUT2D eigenvalue weighted by molar-refractivity contribution is 5.94. The minimum atomic E-state index is 0.169. The Bertz CT molecular complexity index is 526. The number of carbonyl (C=O) groups is 1. The number of benzene rings is 1. The summed E-state index contributed by atoms with van der Waals surface area (Å²) in [5.74, 6) is 0.784. The molecule has 1 heterocycles. The molecule has 3 heteroatoms. The maximum absolute atomic E-state index is 11.9. The van der Waals surface area contributed by atoms with Gasteiger partial charge in [0.25, 0.3) is 0 Å². The Balaban J connectivity index is 1.80. The quantitative estimate of drug-likeness (QED) is 0.751. The lowest BCUT2D eigenvalue weighted by Crippen LogP contribution is -2.03. The van der Waals surface area contributed by atoms with Crippen LogP contribution in [0.1, 0.15) is 29.8 Å². The van der Waals surface area contributed by atoms with Crippen LogP contribution < -0.4 is 0 Å². The minimum absolute atomic E-state index is 0.169. The van der Waals surface area contributed by atoms with E-state index in [-0.39, 0.29) is 5.78 Å². The summed E-state index contributed by atoms with van der Waals surface area (Å²) in [6.07, 6.45) is 4.90. The van der Waals surface area contributed by atoms with Crippen LogP contribution in [0.5, 0.6) is 0 Å². The van der Waals surface area contributed by atoms with Crippen molar-refractivity contribution < 1.29 is 4.79 Å². The zero-order chi connectivity index (χ0) is 11.7. The summed E-state index contributed by atoms with van der Waals surface area (Å²) in [5.41, 5.74) is 1.57. The standard InChI is InChI=1S/C14H14N2O/c17-14(10-11-6-7-11)13-8-9-16(15-13)12-4-2-1-3-5-12/h1-5,8-9,11H,6-7,10H2. The molecule has 3 rings (SSSR count). The number of para-hydroxylation sites is 1. The summed E-state index contributed by atoms with van der Waals surface area (Å²) in [4.78, 5) is 11.9. The molecule has 1 aromatic heterocycles. The Kier molecular flexibility index (Phi) is 2.52. The highest BCUT2D eigenvalue weighted by Gasteiger charge is 2.25. The van der Waals surface area contributed by atoms with Crippen molar-refractivity contribution in [2.24, 2.45) is 5.92 Å². The van der Waals surface area contributed by atoms with E-state index in [2.05, 4.69) is 5.10 Å². The van der Waals surface area contributed by atoms with Crippen LogP contribution in [-0.4, -0.2) is 15.6 Å². The van der Waals surface area contributed by atoms with E-state index in [1.165, 1.54) is 12.8 Å². The number of hydrogen-bond acceptors (Lipinski definition) is 2. The third-order valence-corrected chi connectivity index (χ3v) is 3.07. The van der Waals surface area contributed by atoms with E-state index in [1.54, 1.807) is 10.7 Å². The summed E-state index contributed by atoms with van der Waals surface area (Å²) >= 11 is 0. The first-order valence-corrected chi connectivity index (χ1v) is 5.97. The van der Waals surface area contributed by atoms with Crippen LogP contribution in [0.4, 0.5) is 0 Å². The summed E-state index contributed by atoms with van der Waals surface area (Å²) < 4.78 is 1.75. The Hall–Kier alpha value is -1.90. The Morgan fingerprint density at radius 2 is 2.00 bits per heavy atom. The smallest absolute Gasteiger partial charge is 0.183 e. The molecule has 0 bridgehead atoms. The number of ketones is 1. The van der Waals surface area contributed by atoms with Crippen LogP contribution in [0.3, 0.4) is 0 Å². The van der Waals surface area contributed by atoms with Crippen molar-refractivity contribution in [3.63, 3.8) is 0 Å². The molecule has 0 saturated heterocycles. The normalized spacial score (nSPS) is 14.8. The Morgan fingerprint density at radius 3 is 2.71 bits per heavy atom. The molecule has 1 fully saturated rings. The first kappa shape index (κ1) is 10.3. The predicted octanol–water partition coefficient (Wildman–Crippen LogP) is 2.86. The average Bonchev–Trinajstić information content (AvgIpc) is 3.04. The molecular formula is C14H14N2O. The maximum atomic E-state index is 11.9. The van der Waals surface area contributed by atoms with Crippen molar-refractivity contribution >= 4 is 5.78 Å². The first-order chi connectivity index (χ1) is 8.33. The number of rotatable bonds is 4. The van der Waals surface area contributed by atoms with Gasteiger partial charge in [0, 0.05) is 12.6 Å². The van der Waals surface area contributed by atoms with Crippen LogP contribution in [0.2, 0.25) is 0 Å². The van der Waals surface area contributed by atoms with Crippen molar-refractivity contribution in [2.75, 3.05) is 0 Å². The highest BCUT2D eigenvalue weighted by Crippen LogP contribution is 2.33. The third kappa shape index (κ3) is 2.28. The van der Waals surface area contributed by atoms with Gasteiger partial charge < -0.3 is 0 Å². The van der Waals surface area contributed by atoms with Crippen molar-refractivity contribution in [1.29, 1.82) is 0 Å².